The maximum Gasteiger partial charge on any atom is 0.411 e. The number of hydrogen-bond acceptors (Lipinski definition) is 4. The van der Waals surface area contributed by atoms with E-state index in [0.29, 0.717) is 33.3 Å². The molecule has 116 valence electrons. The van der Waals surface area contributed by atoms with Crippen molar-refractivity contribution in [2.75, 3.05) is 11.9 Å². The molecule has 2 aromatic carbocycles. The Bertz CT molecular complexity index is 873. The molecule has 0 saturated heterocycles. The van der Waals surface area contributed by atoms with Crippen LogP contribution in [0.25, 0.3) is 22.6 Å². The molecule has 0 radical (unpaired) electrons. The highest BCUT2D eigenvalue weighted by Gasteiger charge is 2.14. The number of ether oxygens (including phenoxy) is 1. The molecule has 0 atom stereocenters. The van der Waals surface area contributed by atoms with Crippen LogP contribution >= 0.6 is 11.6 Å². The van der Waals surface area contributed by atoms with Crippen LogP contribution in [0.2, 0.25) is 5.02 Å². The number of oxazole rings is 1. The molecule has 3 rings (SSSR count). The number of benzene rings is 2. The van der Waals surface area contributed by atoms with Crippen molar-refractivity contribution in [1.82, 2.24) is 4.98 Å². The first-order valence-electron chi connectivity index (χ1n) is 6.87. The zero-order valence-corrected chi connectivity index (χ0v) is 12.8. The third-order valence-corrected chi connectivity index (χ3v) is 3.31. The number of rotatable bonds is 4. The summed E-state index contributed by atoms with van der Waals surface area (Å²) in [5.41, 5.74) is 2.46. The van der Waals surface area contributed by atoms with Crippen molar-refractivity contribution in [3.05, 3.63) is 60.1 Å². The molecule has 0 aliphatic heterocycles. The molecule has 1 N–H and O–H groups in total. The first kappa shape index (κ1) is 15.1. The van der Waals surface area contributed by atoms with E-state index < -0.39 is 6.09 Å². The van der Waals surface area contributed by atoms with Gasteiger partial charge in [-0.15, -0.1) is 0 Å². The Hall–Kier alpha value is -2.79. The molecule has 5 nitrogen and oxygen atoms in total. The lowest BCUT2D eigenvalue weighted by Crippen LogP contribution is -2.14. The Morgan fingerprint density at radius 2 is 2.17 bits per heavy atom. The Balaban J connectivity index is 1.95. The second-order valence-corrected chi connectivity index (χ2v) is 5.13. The zero-order chi connectivity index (χ0) is 16.2. The summed E-state index contributed by atoms with van der Waals surface area (Å²) in [6, 6.07) is 12.4. The topological polar surface area (TPSA) is 64.4 Å². The van der Waals surface area contributed by atoms with E-state index >= 15 is 0 Å². The number of hydrogen-bond donors (Lipinski definition) is 1. The van der Waals surface area contributed by atoms with Crippen LogP contribution in [0.1, 0.15) is 0 Å². The van der Waals surface area contributed by atoms with Crippen molar-refractivity contribution in [2.45, 2.75) is 0 Å². The number of carbonyl (C=O) groups excluding carboxylic acids is 1. The predicted molar refractivity (Wildman–Crippen MR) is 89.6 cm³/mol. The minimum absolute atomic E-state index is 0.134. The van der Waals surface area contributed by atoms with Gasteiger partial charge in [0.2, 0.25) is 5.89 Å². The standard InChI is InChI=1S/C17H13ClN2O3/c1-2-9-22-17(21)20-13-6-4-3-5-12(13)16-19-14-10-11(18)7-8-15(14)23-16/h2-8,10H,1,9H2,(H,20,21). The summed E-state index contributed by atoms with van der Waals surface area (Å²) in [7, 11) is 0. The quantitative estimate of drug-likeness (QED) is 0.693. The lowest BCUT2D eigenvalue weighted by atomic mass is 10.2. The van der Waals surface area contributed by atoms with Crippen molar-refractivity contribution in [3.63, 3.8) is 0 Å². The van der Waals surface area contributed by atoms with Crippen LogP contribution in [0.5, 0.6) is 0 Å². The highest BCUT2D eigenvalue weighted by Crippen LogP contribution is 2.31. The molecule has 0 bridgehead atoms. The lowest BCUT2D eigenvalue weighted by molar-refractivity contribution is 0.174. The summed E-state index contributed by atoms with van der Waals surface area (Å²) in [6.07, 6.45) is 0.923. The number of nitrogens with zero attached hydrogens (tertiary/aromatic N) is 1. The van der Waals surface area contributed by atoms with Crippen LogP contribution < -0.4 is 5.32 Å². The van der Waals surface area contributed by atoms with E-state index in [0.717, 1.165) is 0 Å². The van der Waals surface area contributed by atoms with E-state index in [-0.39, 0.29) is 6.61 Å². The van der Waals surface area contributed by atoms with Crippen molar-refractivity contribution in [3.8, 4) is 11.5 Å². The highest BCUT2D eigenvalue weighted by molar-refractivity contribution is 6.31. The number of carbonyl (C=O) groups is 1. The normalized spacial score (nSPS) is 10.5. The molecular weight excluding hydrogens is 316 g/mol. The average Bonchev–Trinajstić information content (AvgIpc) is 2.96. The fraction of sp³-hybridized carbons (Fsp3) is 0.0588. The van der Waals surface area contributed by atoms with E-state index in [9.17, 15) is 4.79 Å². The number of aromatic nitrogens is 1. The second kappa shape index (κ2) is 6.54. The van der Waals surface area contributed by atoms with Gasteiger partial charge in [-0.05, 0) is 30.3 Å². The number of anilines is 1. The molecule has 3 aromatic rings. The summed E-state index contributed by atoms with van der Waals surface area (Å²) in [5.74, 6) is 0.391. The third kappa shape index (κ3) is 3.35. The van der Waals surface area contributed by atoms with Crippen LogP contribution in [-0.2, 0) is 4.74 Å². The third-order valence-electron chi connectivity index (χ3n) is 3.08. The maximum absolute atomic E-state index is 11.7. The zero-order valence-electron chi connectivity index (χ0n) is 12.1. The number of nitrogens with one attached hydrogen (secondary N) is 1. The Kier molecular flexibility index (Phi) is 4.30. The largest absolute Gasteiger partial charge is 0.445 e. The van der Waals surface area contributed by atoms with Gasteiger partial charge in [0, 0.05) is 5.02 Å². The van der Waals surface area contributed by atoms with Crippen molar-refractivity contribution >= 4 is 34.5 Å². The number of amides is 1. The minimum atomic E-state index is -0.573. The maximum atomic E-state index is 11.7. The monoisotopic (exact) mass is 328 g/mol. The van der Waals surface area contributed by atoms with Gasteiger partial charge in [0.1, 0.15) is 12.1 Å². The van der Waals surface area contributed by atoms with Crippen LogP contribution in [0.4, 0.5) is 10.5 Å². The molecule has 1 heterocycles. The van der Waals surface area contributed by atoms with Crippen LogP contribution in [0.15, 0.2) is 59.5 Å². The lowest BCUT2D eigenvalue weighted by Gasteiger charge is -2.08. The van der Waals surface area contributed by atoms with Gasteiger partial charge in [0.05, 0.1) is 11.3 Å². The van der Waals surface area contributed by atoms with E-state index in [1.165, 1.54) is 6.08 Å². The Labute approximate surface area is 137 Å². The van der Waals surface area contributed by atoms with Gasteiger partial charge in [-0.1, -0.05) is 36.4 Å². The van der Waals surface area contributed by atoms with Crippen molar-refractivity contribution in [2.24, 2.45) is 0 Å². The van der Waals surface area contributed by atoms with E-state index in [1.54, 1.807) is 36.4 Å². The van der Waals surface area contributed by atoms with Gasteiger partial charge in [-0.3, -0.25) is 5.32 Å². The SMILES string of the molecule is C=CCOC(=O)Nc1ccccc1-c1nc2cc(Cl)ccc2o1. The first-order chi connectivity index (χ1) is 11.2. The highest BCUT2D eigenvalue weighted by atomic mass is 35.5. The molecule has 1 aromatic heterocycles. The van der Waals surface area contributed by atoms with Gasteiger partial charge in [-0.25, -0.2) is 9.78 Å². The predicted octanol–water partition coefficient (Wildman–Crippen LogP) is 4.88. The van der Waals surface area contributed by atoms with Crippen LogP contribution in [-0.4, -0.2) is 17.7 Å². The second-order valence-electron chi connectivity index (χ2n) is 4.69. The first-order valence-corrected chi connectivity index (χ1v) is 7.25. The number of para-hydroxylation sites is 1. The van der Waals surface area contributed by atoms with Gasteiger partial charge >= 0.3 is 6.09 Å². The molecule has 0 fully saturated rings. The van der Waals surface area contributed by atoms with Gasteiger partial charge in [0.15, 0.2) is 5.58 Å². The van der Waals surface area contributed by atoms with Crippen molar-refractivity contribution < 1.29 is 13.9 Å². The molecular formula is C17H13ClN2O3. The summed E-state index contributed by atoms with van der Waals surface area (Å²) in [5, 5.41) is 3.24. The summed E-state index contributed by atoms with van der Waals surface area (Å²) < 4.78 is 10.7. The smallest absolute Gasteiger partial charge is 0.411 e. The average molecular weight is 329 g/mol. The fourth-order valence-corrected chi connectivity index (χ4v) is 2.24. The van der Waals surface area contributed by atoms with Gasteiger partial charge in [0.25, 0.3) is 0 Å². The molecule has 23 heavy (non-hydrogen) atoms. The van der Waals surface area contributed by atoms with E-state index in [1.807, 2.05) is 6.07 Å². The van der Waals surface area contributed by atoms with Crippen LogP contribution in [0, 0.1) is 0 Å². The molecule has 1 amide bonds. The van der Waals surface area contributed by atoms with Crippen molar-refractivity contribution in [1.29, 1.82) is 0 Å². The molecule has 0 spiro atoms. The molecule has 0 aliphatic rings. The molecule has 0 unspecified atom stereocenters. The minimum Gasteiger partial charge on any atom is -0.445 e. The molecule has 0 saturated carbocycles. The Morgan fingerprint density at radius 3 is 3.00 bits per heavy atom. The number of fused-ring (bicyclic) bond motifs is 1. The Morgan fingerprint density at radius 1 is 1.35 bits per heavy atom. The summed E-state index contributed by atoms with van der Waals surface area (Å²) in [4.78, 5) is 16.1. The summed E-state index contributed by atoms with van der Waals surface area (Å²) >= 11 is 5.96. The molecule has 0 aliphatic carbocycles. The van der Waals surface area contributed by atoms with Crippen LogP contribution in [0.3, 0.4) is 0 Å². The van der Waals surface area contributed by atoms with E-state index in [2.05, 4.69) is 16.9 Å². The van der Waals surface area contributed by atoms with Gasteiger partial charge in [-0.2, -0.15) is 0 Å². The van der Waals surface area contributed by atoms with Gasteiger partial charge < -0.3 is 9.15 Å². The van der Waals surface area contributed by atoms with E-state index in [4.69, 9.17) is 20.8 Å². The molecule has 6 heteroatoms. The fourth-order valence-electron chi connectivity index (χ4n) is 2.08. The summed E-state index contributed by atoms with van der Waals surface area (Å²) in [6.45, 7) is 3.63. The number of halogens is 1.